The summed E-state index contributed by atoms with van der Waals surface area (Å²) in [5.41, 5.74) is 0. The number of rotatable bonds is 9. The molecule has 0 aromatic rings. The van der Waals surface area contributed by atoms with Gasteiger partial charge in [-0.25, -0.2) is 0 Å². The van der Waals surface area contributed by atoms with Crippen molar-refractivity contribution in [2.45, 2.75) is 98.3 Å². The predicted molar refractivity (Wildman–Crippen MR) is 105 cm³/mol. The second-order valence-electron chi connectivity index (χ2n) is 8.68. The lowest BCUT2D eigenvalue weighted by Gasteiger charge is -2.36. The van der Waals surface area contributed by atoms with Crippen LogP contribution in [0, 0.1) is 29.6 Å². The highest BCUT2D eigenvalue weighted by Crippen LogP contribution is 2.41. The van der Waals surface area contributed by atoms with Gasteiger partial charge in [0.15, 0.2) is 0 Å². The summed E-state index contributed by atoms with van der Waals surface area (Å²) in [5.74, 6) is 5.72. The first-order valence-corrected chi connectivity index (χ1v) is 11.0. The number of allylic oxidation sites excluding steroid dienone is 2. The molecule has 140 valence electrons. The Morgan fingerprint density at radius 1 is 1.04 bits per heavy atom. The van der Waals surface area contributed by atoms with Crippen LogP contribution in [-0.4, -0.2) is 6.61 Å². The Kier molecular flexibility index (Phi) is 8.70. The first-order valence-electron chi connectivity index (χ1n) is 11.0. The normalized spacial score (nSPS) is 30.3. The van der Waals surface area contributed by atoms with E-state index in [9.17, 15) is 0 Å². The zero-order valence-corrected chi connectivity index (χ0v) is 16.9. The second-order valence-corrected chi connectivity index (χ2v) is 8.68. The molecule has 1 nitrogen and oxygen atoms in total. The van der Waals surface area contributed by atoms with Gasteiger partial charge >= 0.3 is 0 Å². The van der Waals surface area contributed by atoms with Crippen molar-refractivity contribution >= 4 is 0 Å². The van der Waals surface area contributed by atoms with Crippen LogP contribution in [0.5, 0.6) is 0 Å². The Bertz CT molecular complexity index is 364. The van der Waals surface area contributed by atoms with Crippen LogP contribution >= 0.6 is 0 Å². The lowest BCUT2D eigenvalue weighted by molar-refractivity contribution is 0.0941. The summed E-state index contributed by atoms with van der Waals surface area (Å²) < 4.78 is 6.11. The predicted octanol–water partition coefficient (Wildman–Crippen LogP) is 7.37. The van der Waals surface area contributed by atoms with Crippen molar-refractivity contribution in [1.29, 1.82) is 0 Å². The molecule has 0 saturated heterocycles. The topological polar surface area (TPSA) is 9.23 Å². The number of hydrogen-bond donors (Lipinski definition) is 0. The largest absolute Gasteiger partial charge is 0.498 e. The average Bonchev–Trinajstić information content (AvgIpc) is 2.63. The second kappa shape index (κ2) is 10.5. The lowest BCUT2D eigenvalue weighted by Crippen LogP contribution is -2.25. The zero-order valence-electron chi connectivity index (χ0n) is 16.9. The first kappa shape index (κ1) is 19.9. The Labute approximate surface area is 151 Å². The smallest absolute Gasteiger partial charge is 0.0951 e. The Morgan fingerprint density at radius 3 is 2.33 bits per heavy atom. The standard InChI is InChI=1S/C23H42O/c1-5-8-18(4)9-11-20(7-3)21-12-14-22(15-13-21)23-16-10-19(6-2)17-24-23/h16,18-22H,5-15,17H2,1-4H3. The van der Waals surface area contributed by atoms with E-state index in [0.717, 1.165) is 36.2 Å². The van der Waals surface area contributed by atoms with Gasteiger partial charge in [0.1, 0.15) is 0 Å². The molecule has 0 amide bonds. The molecule has 0 bridgehead atoms. The molecular formula is C23H42O. The highest BCUT2D eigenvalue weighted by atomic mass is 16.5. The molecular weight excluding hydrogens is 292 g/mol. The van der Waals surface area contributed by atoms with E-state index in [2.05, 4.69) is 33.8 Å². The summed E-state index contributed by atoms with van der Waals surface area (Å²) in [6, 6.07) is 0. The third kappa shape index (κ3) is 5.81. The molecule has 0 aromatic carbocycles. The fourth-order valence-corrected chi connectivity index (χ4v) is 4.98. The molecule has 2 rings (SSSR count). The van der Waals surface area contributed by atoms with Gasteiger partial charge in [-0.05, 0) is 74.7 Å². The number of ether oxygens (including phenoxy) is 1. The van der Waals surface area contributed by atoms with Crippen molar-refractivity contribution < 1.29 is 4.74 Å². The monoisotopic (exact) mass is 334 g/mol. The SMILES string of the molecule is CCCC(C)CCC(CC)C1CCC(C2=CCC(CC)CO2)CC1. The van der Waals surface area contributed by atoms with Gasteiger partial charge in [0, 0.05) is 5.92 Å². The zero-order chi connectivity index (χ0) is 17.4. The lowest BCUT2D eigenvalue weighted by atomic mass is 9.72. The Morgan fingerprint density at radius 2 is 1.79 bits per heavy atom. The molecule has 1 heterocycles. The Balaban J connectivity index is 1.75. The minimum Gasteiger partial charge on any atom is -0.498 e. The maximum absolute atomic E-state index is 6.11. The maximum Gasteiger partial charge on any atom is 0.0951 e. The molecule has 3 unspecified atom stereocenters. The molecule has 1 aliphatic heterocycles. The molecule has 1 aliphatic carbocycles. The van der Waals surface area contributed by atoms with Gasteiger partial charge in [-0.15, -0.1) is 0 Å². The quantitative estimate of drug-likeness (QED) is 0.428. The first-order chi connectivity index (χ1) is 11.7. The van der Waals surface area contributed by atoms with E-state index >= 15 is 0 Å². The highest BCUT2D eigenvalue weighted by molar-refractivity contribution is 5.04. The molecule has 0 spiro atoms. The molecule has 2 aliphatic rings. The van der Waals surface area contributed by atoms with E-state index in [1.54, 1.807) is 0 Å². The molecule has 1 saturated carbocycles. The Hall–Kier alpha value is -0.460. The third-order valence-corrected chi connectivity index (χ3v) is 6.89. The van der Waals surface area contributed by atoms with Gasteiger partial charge in [0.25, 0.3) is 0 Å². The van der Waals surface area contributed by atoms with Crippen molar-refractivity contribution in [3.8, 4) is 0 Å². The summed E-state index contributed by atoms with van der Waals surface area (Å²) in [6.07, 6.45) is 17.6. The van der Waals surface area contributed by atoms with Crippen LogP contribution in [0.3, 0.4) is 0 Å². The summed E-state index contributed by atoms with van der Waals surface area (Å²) in [4.78, 5) is 0. The maximum atomic E-state index is 6.11. The summed E-state index contributed by atoms with van der Waals surface area (Å²) in [7, 11) is 0. The van der Waals surface area contributed by atoms with E-state index in [1.165, 1.54) is 76.4 Å². The van der Waals surface area contributed by atoms with Crippen LogP contribution in [-0.2, 0) is 4.74 Å². The summed E-state index contributed by atoms with van der Waals surface area (Å²) >= 11 is 0. The van der Waals surface area contributed by atoms with Crippen molar-refractivity contribution in [3.05, 3.63) is 11.8 Å². The summed E-state index contributed by atoms with van der Waals surface area (Å²) in [6.45, 7) is 10.4. The van der Waals surface area contributed by atoms with E-state index in [4.69, 9.17) is 4.74 Å². The van der Waals surface area contributed by atoms with Crippen LogP contribution in [0.2, 0.25) is 0 Å². The van der Waals surface area contributed by atoms with Gasteiger partial charge < -0.3 is 4.74 Å². The average molecular weight is 335 g/mol. The number of hydrogen-bond acceptors (Lipinski definition) is 1. The van der Waals surface area contributed by atoms with Crippen LogP contribution < -0.4 is 0 Å². The third-order valence-electron chi connectivity index (χ3n) is 6.89. The van der Waals surface area contributed by atoms with E-state index in [-0.39, 0.29) is 0 Å². The highest BCUT2D eigenvalue weighted by Gasteiger charge is 2.30. The van der Waals surface area contributed by atoms with E-state index in [0.29, 0.717) is 0 Å². The van der Waals surface area contributed by atoms with Gasteiger partial charge in [-0.2, -0.15) is 0 Å². The molecule has 3 atom stereocenters. The molecule has 1 fully saturated rings. The van der Waals surface area contributed by atoms with Gasteiger partial charge in [-0.3, -0.25) is 0 Å². The fourth-order valence-electron chi connectivity index (χ4n) is 4.98. The van der Waals surface area contributed by atoms with Crippen LogP contribution in [0.15, 0.2) is 11.8 Å². The molecule has 24 heavy (non-hydrogen) atoms. The van der Waals surface area contributed by atoms with Gasteiger partial charge in [0.05, 0.1) is 12.4 Å². The molecule has 0 aromatic heterocycles. The van der Waals surface area contributed by atoms with Crippen molar-refractivity contribution in [3.63, 3.8) is 0 Å². The van der Waals surface area contributed by atoms with Crippen LogP contribution in [0.1, 0.15) is 98.3 Å². The minimum atomic E-state index is 0.732. The molecule has 0 radical (unpaired) electrons. The fraction of sp³-hybridized carbons (Fsp3) is 0.913. The minimum absolute atomic E-state index is 0.732. The van der Waals surface area contributed by atoms with Crippen molar-refractivity contribution in [2.75, 3.05) is 6.61 Å². The van der Waals surface area contributed by atoms with Crippen molar-refractivity contribution in [1.82, 2.24) is 0 Å². The molecule has 0 N–H and O–H groups in total. The molecule has 1 heteroatoms. The van der Waals surface area contributed by atoms with Gasteiger partial charge in [-0.1, -0.05) is 53.4 Å². The van der Waals surface area contributed by atoms with Crippen LogP contribution in [0.4, 0.5) is 0 Å². The van der Waals surface area contributed by atoms with E-state index in [1.807, 2.05) is 0 Å². The van der Waals surface area contributed by atoms with Crippen LogP contribution in [0.25, 0.3) is 0 Å². The van der Waals surface area contributed by atoms with E-state index < -0.39 is 0 Å². The van der Waals surface area contributed by atoms with Gasteiger partial charge in [0.2, 0.25) is 0 Å². The summed E-state index contributed by atoms with van der Waals surface area (Å²) in [5, 5.41) is 0. The van der Waals surface area contributed by atoms with Crippen molar-refractivity contribution in [2.24, 2.45) is 29.6 Å².